The van der Waals surface area contributed by atoms with Crippen LogP contribution in [0.1, 0.15) is 5.56 Å². The summed E-state index contributed by atoms with van der Waals surface area (Å²) in [4.78, 5) is 7.81. The second kappa shape index (κ2) is 5.59. The van der Waals surface area contributed by atoms with Gasteiger partial charge in [0.1, 0.15) is 0 Å². The van der Waals surface area contributed by atoms with Gasteiger partial charge in [-0.2, -0.15) is 0 Å². The van der Waals surface area contributed by atoms with Crippen LogP contribution in [0.4, 0.5) is 10.2 Å². The topological polar surface area (TPSA) is 37.8 Å². The first-order valence-electron chi connectivity index (χ1n) is 5.19. The van der Waals surface area contributed by atoms with Gasteiger partial charge in [-0.05, 0) is 30.2 Å². The third-order valence-electron chi connectivity index (χ3n) is 2.26. The highest BCUT2D eigenvalue weighted by Gasteiger charge is 2.03. The minimum Gasteiger partial charge on any atom is -0.367 e. The van der Waals surface area contributed by atoms with E-state index in [1.54, 1.807) is 12.4 Å². The van der Waals surface area contributed by atoms with E-state index in [1.165, 1.54) is 12.3 Å². The van der Waals surface area contributed by atoms with Crippen molar-refractivity contribution in [1.29, 1.82) is 0 Å². The Kier molecular flexibility index (Phi) is 3.88. The molecule has 2 heterocycles. The summed E-state index contributed by atoms with van der Waals surface area (Å²) in [5.41, 5.74) is 1.14. The summed E-state index contributed by atoms with van der Waals surface area (Å²) in [5, 5.41) is 3.22. The van der Waals surface area contributed by atoms with Gasteiger partial charge < -0.3 is 5.32 Å². The molecular formula is C12H11ClFN3. The van der Waals surface area contributed by atoms with E-state index in [9.17, 15) is 4.39 Å². The summed E-state index contributed by atoms with van der Waals surface area (Å²) in [6.45, 7) is 0.607. The molecule has 2 aromatic heterocycles. The maximum absolute atomic E-state index is 13.4. The molecule has 0 bridgehead atoms. The number of hydrogen-bond donors (Lipinski definition) is 1. The molecule has 0 amide bonds. The van der Waals surface area contributed by atoms with Gasteiger partial charge in [-0.3, -0.25) is 4.98 Å². The smallest absolute Gasteiger partial charge is 0.166 e. The number of aromatic nitrogens is 2. The van der Waals surface area contributed by atoms with E-state index in [2.05, 4.69) is 15.3 Å². The molecule has 17 heavy (non-hydrogen) atoms. The van der Waals surface area contributed by atoms with E-state index in [0.29, 0.717) is 11.6 Å². The van der Waals surface area contributed by atoms with Crippen LogP contribution in [-0.2, 0) is 6.42 Å². The van der Waals surface area contributed by atoms with Crippen molar-refractivity contribution in [3.05, 3.63) is 53.2 Å². The number of anilines is 1. The molecule has 2 aromatic rings. The quantitative estimate of drug-likeness (QED) is 0.908. The third kappa shape index (κ3) is 3.39. The Balaban J connectivity index is 1.90. The number of hydrogen-bond acceptors (Lipinski definition) is 3. The summed E-state index contributed by atoms with van der Waals surface area (Å²) < 4.78 is 13.4. The van der Waals surface area contributed by atoms with E-state index in [4.69, 9.17) is 11.6 Å². The van der Waals surface area contributed by atoms with Crippen molar-refractivity contribution in [2.45, 2.75) is 6.42 Å². The molecule has 0 radical (unpaired) electrons. The summed E-state index contributed by atoms with van der Waals surface area (Å²) in [7, 11) is 0. The molecule has 3 nitrogen and oxygen atoms in total. The van der Waals surface area contributed by atoms with Crippen molar-refractivity contribution in [1.82, 2.24) is 9.97 Å². The molecule has 0 spiro atoms. The standard InChI is InChI=1S/C12H11ClFN3/c13-10-7-11(14)12(17-8-10)16-6-3-9-1-4-15-5-2-9/h1-2,4-5,7-8H,3,6H2,(H,16,17). The lowest BCUT2D eigenvalue weighted by atomic mass is 10.2. The molecule has 0 aromatic carbocycles. The maximum Gasteiger partial charge on any atom is 0.166 e. The SMILES string of the molecule is Fc1cc(Cl)cnc1NCCc1ccncc1. The molecule has 0 atom stereocenters. The van der Waals surface area contributed by atoms with Crippen molar-refractivity contribution in [3.63, 3.8) is 0 Å². The first-order chi connectivity index (χ1) is 8.25. The fourth-order valence-electron chi connectivity index (χ4n) is 1.42. The highest BCUT2D eigenvalue weighted by molar-refractivity contribution is 6.30. The van der Waals surface area contributed by atoms with E-state index < -0.39 is 5.82 Å². The van der Waals surface area contributed by atoms with Crippen molar-refractivity contribution in [2.75, 3.05) is 11.9 Å². The molecular weight excluding hydrogens is 241 g/mol. The second-order valence-electron chi connectivity index (χ2n) is 3.52. The predicted octanol–water partition coefficient (Wildman–Crippen LogP) is 2.92. The van der Waals surface area contributed by atoms with Gasteiger partial charge in [0.05, 0.1) is 5.02 Å². The van der Waals surface area contributed by atoms with Crippen LogP contribution in [0.5, 0.6) is 0 Å². The van der Waals surface area contributed by atoms with Crippen molar-refractivity contribution in [2.24, 2.45) is 0 Å². The van der Waals surface area contributed by atoms with Crippen LogP contribution in [-0.4, -0.2) is 16.5 Å². The Bertz CT molecular complexity index is 490. The Morgan fingerprint density at radius 3 is 2.76 bits per heavy atom. The minimum absolute atomic E-state index is 0.225. The Morgan fingerprint density at radius 1 is 1.29 bits per heavy atom. The fraction of sp³-hybridized carbons (Fsp3) is 0.167. The van der Waals surface area contributed by atoms with Crippen LogP contribution in [0, 0.1) is 5.82 Å². The second-order valence-corrected chi connectivity index (χ2v) is 3.95. The molecule has 0 aliphatic heterocycles. The zero-order valence-corrected chi connectivity index (χ0v) is 9.78. The number of pyridine rings is 2. The van der Waals surface area contributed by atoms with Crippen molar-refractivity contribution < 1.29 is 4.39 Å². The first kappa shape index (κ1) is 11.8. The Labute approximate surface area is 104 Å². The molecule has 0 saturated carbocycles. The van der Waals surface area contributed by atoms with Gasteiger partial charge in [-0.15, -0.1) is 0 Å². The van der Waals surface area contributed by atoms with Gasteiger partial charge in [0, 0.05) is 25.1 Å². The van der Waals surface area contributed by atoms with Crippen LogP contribution >= 0.6 is 11.6 Å². The van der Waals surface area contributed by atoms with E-state index >= 15 is 0 Å². The van der Waals surface area contributed by atoms with Gasteiger partial charge in [-0.1, -0.05) is 11.6 Å². The lowest BCUT2D eigenvalue weighted by Gasteiger charge is -2.06. The average Bonchev–Trinajstić information content (AvgIpc) is 2.33. The molecule has 0 aliphatic rings. The summed E-state index contributed by atoms with van der Waals surface area (Å²) in [5.74, 6) is -0.212. The summed E-state index contributed by atoms with van der Waals surface area (Å²) in [6.07, 6.45) is 5.67. The van der Waals surface area contributed by atoms with E-state index in [0.717, 1.165) is 12.0 Å². The lowest BCUT2D eigenvalue weighted by molar-refractivity contribution is 0.624. The zero-order valence-electron chi connectivity index (χ0n) is 9.03. The third-order valence-corrected chi connectivity index (χ3v) is 2.47. The molecule has 0 unspecified atom stereocenters. The van der Waals surface area contributed by atoms with Crippen molar-refractivity contribution in [3.8, 4) is 0 Å². The van der Waals surface area contributed by atoms with E-state index in [1.807, 2.05) is 12.1 Å². The van der Waals surface area contributed by atoms with Crippen LogP contribution in [0.15, 0.2) is 36.8 Å². The van der Waals surface area contributed by atoms with Gasteiger partial charge in [0.15, 0.2) is 11.6 Å². The summed E-state index contributed by atoms with van der Waals surface area (Å²) in [6, 6.07) is 5.09. The fourth-order valence-corrected chi connectivity index (χ4v) is 1.56. The molecule has 1 N–H and O–H groups in total. The van der Waals surface area contributed by atoms with E-state index in [-0.39, 0.29) is 5.82 Å². The molecule has 0 saturated heterocycles. The van der Waals surface area contributed by atoms with Gasteiger partial charge >= 0.3 is 0 Å². The maximum atomic E-state index is 13.4. The molecule has 5 heteroatoms. The van der Waals surface area contributed by atoms with Crippen LogP contribution in [0.25, 0.3) is 0 Å². The predicted molar refractivity (Wildman–Crippen MR) is 65.6 cm³/mol. The Hall–Kier alpha value is -1.68. The number of nitrogens with one attached hydrogen (secondary N) is 1. The van der Waals surface area contributed by atoms with Crippen molar-refractivity contribution >= 4 is 17.4 Å². The summed E-state index contributed by atoms with van der Waals surface area (Å²) >= 11 is 5.61. The average molecular weight is 252 g/mol. The molecule has 0 aliphatic carbocycles. The van der Waals surface area contributed by atoms with Gasteiger partial charge in [-0.25, -0.2) is 9.37 Å². The van der Waals surface area contributed by atoms with Crippen LogP contribution in [0.3, 0.4) is 0 Å². The highest BCUT2D eigenvalue weighted by Crippen LogP contribution is 2.15. The Morgan fingerprint density at radius 2 is 2.06 bits per heavy atom. The lowest BCUT2D eigenvalue weighted by Crippen LogP contribution is -2.07. The monoisotopic (exact) mass is 251 g/mol. The highest BCUT2D eigenvalue weighted by atomic mass is 35.5. The minimum atomic E-state index is -0.438. The van der Waals surface area contributed by atoms with Crippen LogP contribution in [0.2, 0.25) is 5.02 Å². The van der Waals surface area contributed by atoms with Crippen LogP contribution < -0.4 is 5.32 Å². The van der Waals surface area contributed by atoms with Gasteiger partial charge in [0.25, 0.3) is 0 Å². The molecule has 2 rings (SSSR count). The molecule has 88 valence electrons. The number of rotatable bonds is 4. The first-order valence-corrected chi connectivity index (χ1v) is 5.57. The zero-order chi connectivity index (χ0) is 12.1. The number of nitrogens with zero attached hydrogens (tertiary/aromatic N) is 2. The normalized spacial score (nSPS) is 10.2. The largest absolute Gasteiger partial charge is 0.367 e. The van der Waals surface area contributed by atoms with Gasteiger partial charge in [0.2, 0.25) is 0 Å². The molecule has 0 fully saturated rings. The number of halogens is 2.